The molecule has 0 atom stereocenters. The van der Waals surface area contributed by atoms with Gasteiger partial charge in [-0.05, 0) is 0 Å². The topological polar surface area (TPSA) is 0 Å². The smallest absolute Gasteiger partial charge is 0.0693 e. The molecular formula is C6H6CeCl6. The Bertz CT molecular complexity index is 109. The Morgan fingerprint density at radius 2 is 0.462 bits per heavy atom. The summed E-state index contributed by atoms with van der Waals surface area (Å²) in [6.07, 6.45) is 0. The van der Waals surface area contributed by atoms with Crippen molar-refractivity contribution in [2.45, 2.75) is 32.3 Å². The molecule has 0 aliphatic heterocycles. The van der Waals surface area contributed by atoms with Gasteiger partial charge >= 0.3 is 0 Å². The molecular weight excluding hydrogens is 425 g/mol. The fourth-order valence-corrected chi connectivity index (χ4v) is 3.38. The Labute approximate surface area is 141 Å². The van der Waals surface area contributed by atoms with Crippen LogP contribution in [0.2, 0.25) is 0 Å². The number of hydrogen-bond donors (Lipinski definition) is 0. The Kier molecular flexibility index (Phi) is 8.38. The number of halogens is 6. The summed E-state index contributed by atoms with van der Waals surface area (Å²) >= 11 is 35.3. The molecule has 1 rings (SSSR count). The molecule has 0 aromatic rings. The van der Waals surface area contributed by atoms with Crippen molar-refractivity contribution in [3.63, 3.8) is 0 Å². The van der Waals surface area contributed by atoms with Crippen LogP contribution in [-0.4, -0.2) is 32.3 Å². The third-order valence-corrected chi connectivity index (χ3v) is 5.86. The molecule has 1 saturated carbocycles. The summed E-state index contributed by atoms with van der Waals surface area (Å²) in [5.41, 5.74) is 0. The molecule has 0 aromatic heterocycles. The van der Waals surface area contributed by atoms with Crippen LogP contribution in [0, 0.1) is 41.7 Å². The van der Waals surface area contributed by atoms with Gasteiger partial charge in [0.1, 0.15) is 0 Å². The average Bonchev–Trinajstić information content (AvgIpc) is 2.08. The van der Waals surface area contributed by atoms with Gasteiger partial charge in [0, 0.05) is 41.7 Å². The van der Waals surface area contributed by atoms with Crippen LogP contribution in [0.25, 0.3) is 0 Å². The fraction of sp³-hybridized carbons (Fsp3) is 1.00. The Hall–Kier alpha value is 3.12. The van der Waals surface area contributed by atoms with Crippen LogP contribution in [-0.2, 0) is 0 Å². The van der Waals surface area contributed by atoms with E-state index in [0.717, 1.165) is 0 Å². The van der Waals surface area contributed by atoms with Crippen molar-refractivity contribution >= 4 is 69.6 Å². The summed E-state index contributed by atoms with van der Waals surface area (Å²) < 4.78 is 0. The summed E-state index contributed by atoms with van der Waals surface area (Å²) in [7, 11) is 0. The van der Waals surface area contributed by atoms with Gasteiger partial charge in [-0.2, -0.15) is 0 Å². The van der Waals surface area contributed by atoms with E-state index >= 15 is 0 Å². The van der Waals surface area contributed by atoms with E-state index in [-0.39, 0.29) is 41.7 Å². The van der Waals surface area contributed by atoms with Gasteiger partial charge in [0.15, 0.2) is 0 Å². The monoisotopic (exact) mass is 428 g/mol. The second-order valence-electron chi connectivity index (χ2n) is 2.67. The SMILES string of the molecule is ClC1C(Cl)C(Cl)C(Cl)C(Cl)C1Cl.[Ce]. The Balaban J connectivity index is 0.00000144. The molecule has 0 spiro atoms. The quantitative estimate of drug-likeness (QED) is 0.515. The summed E-state index contributed by atoms with van der Waals surface area (Å²) in [6, 6.07) is 0. The van der Waals surface area contributed by atoms with E-state index in [1.165, 1.54) is 0 Å². The molecule has 7 heteroatoms. The summed E-state index contributed by atoms with van der Waals surface area (Å²) in [5, 5.41) is -2.62. The third-order valence-electron chi connectivity index (χ3n) is 1.83. The molecule has 0 heterocycles. The zero-order chi connectivity index (χ0) is 9.46. The maximum absolute atomic E-state index is 5.88. The van der Waals surface area contributed by atoms with Crippen molar-refractivity contribution in [1.82, 2.24) is 0 Å². The van der Waals surface area contributed by atoms with Gasteiger partial charge in [0.05, 0.1) is 32.3 Å². The molecule has 1 aliphatic rings. The molecule has 0 bridgehead atoms. The predicted octanol–water partition coefficient (Wildman–Crippen LogP) is 3.64. The molecule has 0 saturated heterocycles. The van der Waals surface area contributed by atoms with E-state index in [2.05, 4.69) is 0 Å². The molecule has 0 N–H and O–H groups in total. The van der Waals surface area contributed by atoms with Crippen LogP contribution in [0.3, 0.4) is 0 Å². The van der Waals surface area contributed by atoms with Crippen molar-refractivity contribution < 1.29 is 41.7 Å². The second-order valence-corrected chi connectivity index (χ2v) is 5.69. The second kappa shape index (κ2) is 6.76. The summed E-state index contributed by atoms with van der Waals surface area (Å²) in [6.45, 7) is 0. The van der Waals surface area contributed by atoms with Crippen molar-refractivity contribution in [3.8, 4) is 0 Å². The predicted molar refractivity (Wildman–Crippen MR) is 57.8 cm³/mol. The van der Waals surface area contributed by atoms with Gasteiger partial charge in [-0.15, -0.1) is 69.6 Å². The zero-order valence-corrected chi connectivity index (χ0v) is 13.9. The molecule has 0 unspecified atom stereocenters. The summed E-state index contributed by atoms with van der Waals surface area (Å²) in [4.78, 5) is 0. The Morgan fingerprint density at radius 1 is 0.385 bits per heavy atom. The van der Waals surface area contributed by atoms with Gasteiger partial charge in [-0.3, -0.25) is 0 Å². The van der Waals surface area contributed by atoms with Crippen LogP contribution in [0.4, 0.5) is 0 Å². The van der Waals surface area contributed by atoms with E-state index in [1.807, 2.05) is 0 Å². The van der Waals surface area contributed by atoms with Crippen LogP contribution < -0.4 is 0 Å². The van der Waals surface area contributed by atoms with Crippen LogP contribution >= 0.6 is 69.6 Å². The third kappa shape index (κ3) is 3.54. The van der Waals surface area contributed by atoms with E-state index in [4.69, 9.17) is 69.6 Å². The number of alkyl halides is 6. The summed E-state index contributed by atoms with van der Waals surface area (Å²) in [5.74, 6) is 0. The largest absolute Gasteiger partial charge is 0.120 e. The van der Waals surface area contributed by atoms with Crippen molar-refractivity contribution in [3.05, 3.63) is 0 Å². The van der Waals surface area contributed by atoms with Crippen molar-refractivity contribution in [1.29, 1.82) is 0 Å². The normalized spacial score (nSPS) is 51.2. The minimum atomic E-state index is -0.437. The minimum Gasteiger partial charge on any atom is -0.120 e. The van der Waals surface area contributed by atoms with E-state index in [0.29, 0.717) is 0 Å². The first-order valence-corrected chi connectivity index (χ1v) is 5.93. The molecule has 1 aliphatic carbocycles. The first kappa shape index (κ1) is 16.1. The van der Waals surface area contributed by atoms with E-state index in [9.17, 15) is 0 Å². The molecule has 1 fully saturated rings. The first-order valence-electron chi connectivity index (χ1n) is 3.31. The molecule has 76 valence electrons. The fourth-order valence-electron chi connectivity index (χ4n) is 1.05. The molecule has 0 nitrogen and oxygen atoms in total. The van der Waals surface area contributed by atoms with Crippen molar-refractivity contribution in [2.75, 3.05) is 0 Å². The van der Waals surface area contributed by atoms with Crippen LogP contribution in [0.15, 0.2) is 0 Å². The van der Waals surface area contributed by atoms with E-state index in [1.54, 1.807) is 0 Å². The van der Waals surface area contributed by atoms with Gasteiger partial charge < -0.3 is 0 Å². The van der Waals surface area contributed by atoms with Crippen LogP contribution in [0.1, 0.15) is 0 Å². The van der Waals surface area contributed by atoms with Gasteiger partial charge in [-0.25, -0.2) is 0 Å². The zero-order valence-electron chi connectivity index (χ0n) is 6.23. The maximum Gasteiger partial charge on any atom is 0.0693 e. The van der Waals surface area contributed by atoms with E-state index < -0.39 is 32.3 Å². The van der Waals surface area contributed by atoms with Crippen LogP contribution in [0.5, 0.6) is 0 Å². The molecule has 0 amide bonds. The molecule has 0 aromatic carbocycles. The number of hydrogen-bond acceptors (Lipinski definition) is 0. The average molecular weight is 431 g/mol. The standard InChI is InChI=1S/C6H6Cl6.Ce/c7-1-2(8)4(10)6(12)5(11)3(1)9;/h1-6H;. The van der Waals surface area contributed by atoms with Crippen molar-refractivity contribution in [2.24, 2.45) is 0 Å². The Morgan fingerprint density at radius 3 is 0.538 bits per heavy atom. The van der Waals surface area contributed by atoms with Gasteiger partial charge in [0.2, 0.25) is 0 Å². The maximum atomic E-state index is 5.88. The number of rotatable bonds is 0. The van der Waals surface area contributed by atoms with Gasteiger partial charge in [-0.1, -0.05) is 0 Å². The van der Waals surface area contributed by atoms with Gasteiger partial charge in [0.25, 0.3) is 0 Å². The first-order chi connectivity index (χ1) is 5.46. The minimum absolute atomic E-state index is 0. The molecule has 13 heavy (non-hydrogen) atoms. The molecule has 0 radical (unpaired) electrons.